The standard InChI is InChI=1S/C22H17FN4OS/c23-19-14-8-7-13-18(19)21-25-26-22(27(21)17-11-5-2-6-12-17)29-15-20(28)24-16-9-3-1-4-10-16/h1-14H,15H2,(H,24,28). The van der Waals surface area contributed by atoms with Crippen LogP contribution in [0.5, 0.6) is 0 Å². The zero-order chi connectivity index (χ0) is 20.1. The Bertz CT molecular complexity index is 1120. The van der Waals surface area contributed by atoms with Crippen molar-refractivity contribution in [2.24, 2.45) is 0 Å². The normalized spacial score (nSPS) is 10.7. The third-order valence-electron chi connectivity index (χ3n) is 4.15. The van der Waals surface area contributed by atoms with Crippen molar-refractivity contribution in [1.82, 2.24) is 14.8 Å². The molecular formula is C22H17FN4OS. The van der Waals surface area contributed by atoms with Gasteiger partial charge < -0.3 is 5.32 Å². The molecule has 0 aliphatic rings. The topological polar surface area (TPSA) is 59.8 Å². The van der Waals surface area contributed by atoms with E-state index in [1.165, 1.54) is 17.8 Å². The molecule has 0 saturated carbocycles. The maximum Gasteiger partial charge on any atom is 0.234 e. The number of hydrogen-bond acceptors (Lipinski definition) is 4. The predicted molar refractivity (Wildman–Crippen MR) is 113 cm³/mol. The molecule has 7 heteroatoms. The highest BCUT2D eigenvalue weighted by Crippen LogP contribution is 2.29. The molecule has 29 heavy (non-hydrogen) atoms. The Morgan fingerprint density at radius 1 is 0.897 bits per heavy atom. The lowest BCUT2D eigenvalue weighted by Crippen LogP contribution is -2.14. The zero-order valence-electron chi connectivity index (χ0n) is 15.3. The molecule has 0 aliphatic heterocycles. The Labute approximate surface area is 171 Å². The van der Waals surface area contributed by atoms with Crippen LogP contribution in [0, 0.1) is 5.82 Å². The molecule has 144 valence electrons. The summed E-state index contributed by atoms with van der Waals surface area (Å²) in [7, 11) is 0. The maximum absolute atomic E-state index is 14.4. The van der Waals surface area contributed by atoms with Gasteiger partial charge in [0.25, 0.3) is 0 Å². The fraction of sp³-hybridized carbons (Fsp3) is 0.0455. The van der Waals surface area contributed by atoms with E-state index in [1.54, 1.807) is 22.8 Å². The van der Waals surface area contributed by atoms with Gasteiger partial charge in [-0.3, -0.25) is 9.36 Å². The lowest BCUT2D eigenvalue weighted by atomic mass is 10.2. The maximum atomic E-state index is 14.4. The van der Waals surface area contributed by atoms with Gasteiger partial charge in [-0.25, -0.2) is 4.39 Å². The van der Waals surface area contributed by atoms with E-state index in [1.807, 2.05) is 60.7 Å². The number of hydrogen-bond donors (Lipinski definition) is 1. The molecule has 0 radical (unpaired) electrons. The van der Waals surface area contributed by atoms with E-state index in [9.17, 15) is 9.18 Å². The molecule has 0 saturated heterocycles. The number of halogens is 1. The number of carbonyl (C=O) groups excluding carboxylic acids is 1. The van der Waals surface area contributed by atoms with E-state index >= 15 is 0 Å². The first-order valence-corrected chi connectivity index (χ1v) is 9.94. The Balaban J connectivity index is 1.62. The summed E-state index contributed by atoms with van der Waals surface area (Å²) in [5.41, 5.74) is 1.88. The van der Waals surface area contributed by atoms with Crippen LogP contribution in [0.15, 0.2) is 90.1 Å². The highest BCUT2D eigenvalue weighted by atomic mass is 32.2. The molecule has 1 N–H and O–H groups in total. The minimum atomic E-state index is -0.379. The molecule has 4 aromatic rings. The van der Waals surface area contributed by atoms with E-state index in [4.69, 9.17) is 0 Å². The van der Waals surface area contributed by atoms with Crippen molar-refractivity contribution < 1.29 is 9.18 Å². The van der Waals surface area contributed by atoms with Crippen LogP contribution in [0.2, 0.25) is 0 Å². The lowest BCUT2D eigenvalue weighted by Gasteiger charge is -2.11. The van der Waals surface area contributed by atoms with Gasteiger partial charge in [0.15, 0.2) is 11.0 Å². The van der Waals surface area contributed by atoms with Gasteiger partial charge in [-0.2, -0.15) is 0 Å². The van der Waals surface area contributed by atoms with Crippen LogP contribution < -0.4 is 5.32 Å². The van der Waals surface area contributed by atoms with Gasteiger partial charge in [0.1, 0.15) is 5.82 Å². The summed E-state index contributed by atoms with van der Waals surface area (Å²) >= 11 is 1.25. The van der Waals surface area contributed by atoms with E-state index in [0.29, 0.717) is 16.5 Å². The van der Waals surface area contributed by atoms with Gasteiger partial charge >= 0.3 is 0 Å². The van der Waals surface area contributed by atoms with Crippen LogP contribution in [-0.4, -0.2) is 26.4 Å². The number of nitrogens with zero attached hydrogens (tertiary/aromatic N) is 3. The fourth-order valence-corrected chi connectivity index (χ4v) is 3.59. The third kappa shape index (κ3) is 4.35. The molecule has 0 atom stereocenters. The number of benzene rings is 3. The zero-order valence-corrected chi connectivity index (χ0v) is 16.1. The summed E-state index contributed by atoms with van der Waals surface area (Å²) < 4.78 is 16.1. The van der Waals surface area contributed by atoms with E-state index in [0.717, 1.165) is 11.4 Å². The number of rotatable bonds is 6. The SMILES string of the molecule is O=C(CSc1nnc(-c2ccccc2F)n1-c1ccccc1)Nc1ccccc1. The smallest absolute Gasteiger partial charge is 0.234 e. The van der Waals surface area contributed by atoms with E-state index in [2.05, 4.69) is 15.5 Å². The molecule has 1 heterocycles. The van der Waals surface area contributed by atoms with Crippen LogP contribution in [0.25, 0.3) is 17.1 Å². The number of para-hydroxylation sites is 2. The second kappa shape index (κ2) is 8.70. The first-order chi connectivity index (χ1) is 14.2. The van der Waals surface area contributed by atoms with Crippen LogP contribution >= 0.6 is 11.8 Å². The number of thioether (sulfide) groups is 1. The number of carbonyl (C=O) groups is 1. The molecule has 1 amide bonds. The number of amides is 1. The molecule has 0 fully saturated rings. The fourth-order valence-electron chi connectivity index (χ4n) is 2.84. The predicted octanol–water partition coefficient (Wildman–Crippen LogP) is 4.80. The van der Waals surface area contributed by atoms with Crippen molar-refractivity contribution in [3.05, 3.63) is 90.7 Å². The van der Waals surface area contributed by atoms with Crippen LogP contribution in [0.4, 0.5) is 10.1 Å². The molecular weight excluding hydrogens is 387 g/mol. The van der Waals surface area contributed by atoms with Crippen molar-refractivity contribution in [1.29, 1.82) is 0 Å². The summed E-state index contributed by atoms with van der Waals surface area (Å²) in [4.78, 5) is 12.3. The second-order valence-corrected chi connectivity index (χ2v) is 7.10. The Kier molecular flexibility index (Phi) is 5.67. The highest BCUT2D eigenvalue weighted by Gasteiger charge is 2.19. The van der Waals surface area contributed by atoms with Crippen molar-refractivity contribution >= 4 is 23.4 Å². The molecule has 0 bridgehead atoms. The Morgan fingerprint density at radius 3 is 2.28 bits per heavy atom. The monoisotopic (exact) mass is 404 g/mol. The molecule has 3 aromatic carbocycles. The minimum Gasteiger partial charge on any atom is -0.325 e. The summed E-state index contributed by atoms with van der Waals surface area (Å²) in [5.74, 6) is 0.00361. The van der Waals surface area contributed by atoms with Crippen molar-refractivity contribution in [3.8, 4) is 17.1 Å². The average molecular weight is 404 g/mol. The summed E-state index contributed by atoms with van der Waals surface area (Å²) in [6.45, 7) is 0. The first kappa shape index (κ1) is 18.9. The summed E-state index contributed by atoms with van der Waals surface area (Å²) in [6, 6.07) is 25.1. The second-order valence-electron chi connectivity index (χ2n) is 6.16. The number of anilines is 1. The molecule has 0 spiro atoms. The molecule has 0 unspecified atom stereocenters. The van der Waals surface area contributed by atoms with Crippen LogP contribution in [0.1, 0.15) is 0 Å². The van der Waals surface area contributed by atoms with Crippen LogP contribution in [-0.2, 0) is 4.79 Å². The van der Waals surface area contributed by atoms with E-state index < -0.39 is 0 Å². The third-order valence-corrected chi connectivity index (χ3v) is 5.08. The largest absolute Gasteiger partial charge is 0.325 e. The van der Waals surface area contributed by atoms with Crippen molar-refractivity contribution in [2.75, 3.05) is 11.1 Å². The first-order valence-electron chi connectivity index (χ1n) is 8.96. The van der Waals surface area contributed by atoms with Crippen LogP contribution in [0.3, 0.4) is 0 Å². The van der Waals surface area contributed by atoms with Gasteiger partial charge in [-0.05, 0) is 36.4 Å². The van der Waals surface area contributed by atoms with Gasteiger partial charge in [-0.1, -0.05) is 60.3 Å². The average Bonchev–Trinajstić information content (AvgIpc) is 3.18. The molecule has 5 nitrogen and oxygen atoms in total. The van der Waals surface area contributed by atoms with Crippen molar-refractivity contribution in [2.45, 2.75) is 5.16 Å². The summed E-state index contributed by atoms with van der Waals surface area (Å²) in [5, 5.41) is 11.8. The lowest BCUT2D eigenvalue weighted by molar-refractivity contribution is -0.113. The molecule has 4 rings (SSSR count). The van der Waals surface area contributed by atoms with Gasteiger partial charge in [0, 0.05) is 11.4 Å². The van der Waals surface area contributed by atoms with Crippen molar-refractivity contribution in [3.63, 3.8) is 0 Å². The Hall–Kier alpha value is -3.45. The number of aromatic nitrogens is 3. The highest BCUT2D eigenvalue weighted by molar-refractivity contribution is 7.99. The number of nitrogens with one attached hydrogen (secondary N) is 1. The van der Waals surface area contributed by atoms with Gasteiger partial charge in [0.2, 0.25) is 5.91 Å². The summed E-state index contributed by atoms with van der Waals surface area (Å²) in [6.07, 6.45) is 0. The van der Waals surface area contributed by atoms with Gasteiger partial charge in [-0.15, -0.1) is 10.2 Å². The Morgan fingerprint density at radius 2 is 1.55 bits per heavy atom. The molecule has 0 aliphatic carbocycles. The quantitative estimate of drug-likeness (QED) is 0.469. The molecule has 1 aromatic heterocycles. The van der Waals surface area contributed by atoms with Gasteiger partial charge in [0.05, 0.1) is 11.3 Å². The van der Waals surface area contributed by atoms with E-state index in [-0.39, 0.29) is 17.5 Å². The minimum absolute atomic E-state index is 0.150.